The molecule has 0 saturated heterocycles. The smallest absolute Gasteiger partial charge is 0.394 e. The number of rotatable bonds is 10. The molecule has 0 heterocycles. The van der Waals surface area contributed by atoms with Crippen LogP contribution >= 0.6 is 0 Å². The first-order valence-corrected chi connectivity index (χ1v) is 10.1. The lowest BCUT2D eigenvalue weighted by Crippen LogP contribution is -2.41. The first-order chi connectivity index (χ1) is 15.6. The van der Waals surface area contributed by atoms with Crippen LogP contribution in [0.3, 0.4) is 0 Å². The zero-order valence-electron chi connectivity index (χ0n) is 17.9. The summed E-state index contributed by atoms with van der Waals surface area (Å²) < 4.78 is 44.4. The highest BCUT2D eigenvalue weighted by atomic mass is 19.4. The highest BCUT2D eigenvalue weighted by Crippen LogP contribution is 2.27. The molecule has 0 saturated carbocycles. The van der Waals surface area contributed by atoms with Gasteiger partial charge in [-0.25, -0.2) is 0 Å². The van der Waals surface area contributed by atoms with Crippen molar-refractivity contribution in [1.82, 2.24) is 5.32 Å². The molecule has 2 aromatic carbocycles. The Hall–Kier alpha value is -3.59. The maximum Gasteiger partial charge on any atom is 0.394 e. The number of carboxylic acids is 1. The molecule has 6 nitrogen and oxygen atoms in total. The maximum absolute atomic E-state index is 12.9. The topological polar surface area (TPSA) is 102 Å². The summed E-state index contributed by atoms with van der Waals surface area (Å²) in [6, 6.07) is 15.6. The number of amides is 1. The van der Waals surface area contributed by atoms with Gasteiger partial charge in [0.25, 0.3) is 0 Å². The molecule has 0 spiro atoms. The highest BCUT2D eigenvalue weighted by molar-refractivity contribution is 5.87. The second-order valence-corrected chi connectivity index (χ2v) is 7.25. The molecule has 9 heteroatoms. The van der Waals surface area contributed by atoms with Crippen LogP contribution in [0.1, 0.15) is 13.3 Å². The summed E-state index contributed by atoms with van der Waals surface area (Å²) in [6.07, 6.45) is -1.66. The molecular formula is C24H25F3N2O4. The van der Waals surface area contributed by atoms with Crippen LogP contribution in [0.2, 0.25) is 0 Å². The van der Waals surface area contributed by atoms with E-state index in [0.717, 1.165) is 24.1 Å². The maximum atomic E-state index is 12.9. The van der Waals surface area contributed by atoms with Crippen molar-refractivity contribution in [2.45, 2.75) is 25.6 Å². The van der Waals surface area contributed by atoms with Gasteiger partial charge in [0, 0.05) is 5.70 Å². The minimum Gasteiger partial charge on any atom is -0.490 e. The van der Waals surface area contributed by atoms with Gasteiger partial charge in [0.1, 0.15) is 12.4 Å². The van der Waals surface area contributed by atoms with Gasteiger partial charge in [0.05, 0.1) is 18.4 Å². The molecule has 2 rings (SSSR count). The van der Waals surface area contributed by atoms with E-state index in [-0.39, 0.29) is 12.3 Å². The minimum atomic E-state index is -4.51. The Morgan fingerprint density at radius 2 is 1.70 bits per heavy atom. The number of alkyl halides is 3. The Labute approximate surface area is 189 Å². The predicted octanol–water partition coefficient (Wildman–Crippen LogP) is 4.29. The van der Waals surface area contributed by atoms with Crippen molar-refractivity contribution in [2.75, 3.05) is 6.61 Å². The number of carbonyl (C=O) groups is 2. The molecule has 33 heavy (non-hydrogen) atoms. The number of aliphatic carboxylic acids is 1. The molecule has 0 radical (unpaired) electrons. The van der Waals surface area contributed by atoms with Crippen LogP contribution < -0.4 is 15.8 Å². The van der Waals surface area contributed by atoms with Gasteiger partial charge in [-0.1, -0.05) is 49.4 Å². The van der Waals surface area contributed by atoms with Gasteiger partial charge in [-0.05, 0) is 41.5 Å². The van der Waals surface area contributed by atoms with E-state index in [2.05, 4.69) is 5.32 Å². The normalized spacial score (nSPS) is 14.0. The fraction of sp³-hybridized carbons (Fsp3) is 0.250. The summed E-state index contributed by atoms with van der Waals surface area (Å²) in [6.45, 7) is 0.960. The Balaban J connectivity index is 2.02. The van der Waals surface area contributed by atoms with Gasteiger partial charge < -0.3 is 20.9 Å². The second kappa shape index (κ2) is 11.9. The number of halogens is 3. The van der Waals surface area contributed by atoms with Crippen LogP contribution in [0.15, 0.2) is 78.5 Å². The van der Waals surface area contributed by atoms with Crippen LogP contribution in [0.5, 0.6) is 5.75 Å². The molecule has 2 atom stereocenters. The molecule has 1 amide bonds. The highest BCUT2D eigenvalue weighted by Gasteiger charge is 2.34. The van der Waals surface area contributed by atoms with Gasteiger partial charge in [0.15, 0.2) is 0 Å². The number of carboxylic acid groups (broad SMARTS) is 1. The van der Waals surface area contributed by atoms with Gasteiger partial charge >= 0.3 is 12.1 Å². The summed E-state index contributed by atoms with van der Waals surface area (Å²) in [7, 11) is 0. The summed E-state index contributed by atoms with van der Waals surface area (Å²) >= 11 is 0. The van der Waals surface area contributed by atoms with E-state index in [9.17, 15) is 22.8 Å². The van der Waals surface area contributed by atoms with E-state index < -0.39 is 36.4 Å². The summed E-state index contributed by atoms with van der Waals surface area (Å²) in [5, 5.41) is 11.0. The first kappa shape index (κ1) is 25.7. The van der Waals surface area contributed by atoms with Crippen molar-refractivity contribution in [3.8, 4) is 16.9 Å². The fourth-order valence-corrected chi connectivity index (χ4v) is 2.71. The lowest BCUT2D eigenvalue weighted by Gasteiger charge is -2.15. The molecule has 2 unspecified atom stereocenters. The van der Waals surface area contributed by atoms with Crippen LogP contribution in [0.4, 0.5) is 13.2 Å². The Bertz CT molecular complexity index is 987. The van der Waals surface area contributed by atoms with Gasteiger partial charge in [0.2, 0.25) is 5.91 Å². The van der Waals surface area contributed by atoms with Crippen LogP contribution in [-0.4, -0.2) is 35.8 Å². The van der Waals surface area contributed by atoms with Gasteiger partial charge in [-0.15, -0.1) is 0 Å². The lowest BCUT2D eigenvalue weighted by atomic mass is 10.1. The van der Waals surface area contributed by atoms with Crippen LogP contribution in [0.25, 0.3) is 11.1 Å². The first-order valence-electron chi connectivity index (χ1n) is 10.1. The fourth-order valence-electron chi connectivity index (χ4n) is 2.71. The number of hydrogen-bond acceptors (Lipinski definition) is 4. The summed E-state index contributed by atoms with van der Waals surface area (Å²) in [4.78, 5) is 22.7. The molecule has 4 N–H and O–H groups in total. The molecule has 2 aromatic rings. The molecule has 0 aliphatic rings. The van der Waals surface area contributed by atoms with E-state index in [1.807, 2.05) is 42.5 Å². The standard InChI is InChI=1S/C24H25F3N2O4/c1-16(24(25,26)27)14-19(29-23(32)21(28)15-22(30)31)8-5-13-33-20-11-9-18(10-12-20)17-6-3-2-4-7-17/h2-12,14,16,21H,13,15,28H2,1H3,(H,29,32)(H,30,31)/b8-5-,19-14+. The zero-order valence-corrected chi connectivity index (χ0v) is 17.9. The lowest BCUT2D eigenvalue weighted by molar-refractivity contribution is -0.156. The van der Waals surface area contributed by atoms with E-state index in [4.69, 9.17) is 15.6 Å². The number of carbonyl (C=O) groups excluding carboxylic acids is 1. The number of hydrogen-bond donors (Lipinski definition) is 3. The molecule has 176 valence electrons. The summed E-state index contributed by atoms with van der Waals surface area (Å²) in [5.74, 6) is -3.49. The number of allylic oxidation sites excluding steroid dienone is 2. The van der Waals surface area contributed by atoms with E-state index in [0.29, 0.717) is 5.75 Å². The number of nitrogens with one attached hydrogen (secondary N) is 1. The average molecular weight is 462 g/mol. The van der Waals surface area contributed by atoms with Crippen molar-refractivity contribution in [3.05, 3.63) is 78.5 Å². The number of ether oxygens (including phenoxy) is 1. The van der Waals surface area contributed by atoms with Gasteiger partial charge in [-0.2, -0.15) is 13.2 Å². The van der Waals surface area contributed by atoms with Crippen molar-refractivity contribution >= 4 is 11.9 Å². The minimum absolute atomic E-state index is 0.0273. The van der Waals surface area contributed by atoms with Crippen molar-refractivity contribution in [1.29, 1.82) is 0 Å². The Morgan fingerprint density at radius 3 is 2.27 bits per heavy atom. The predicted molar refractivity (Wildman–Crippen MR) is 118 cm³/mol. The monoisotopic (exact) mass is 462 g/mol. The quantitative estimate of drug-likeness (QED) is 0.458. The van der Waals surface area contributed by atoms with Crippen LogP contribution in [0, 0.1) is 5.92 Å². The van der Waals surface area contributed by atoms with E-state index in [1.54, 1.807) is 12.1 Å². The van der Waals surface area contributed by atoms with E-state index in [1.165, 1.54) is 12.2 Å². The third-order valence-corrected chi connectivity index (χ3v) is 4.55. The van der Waals surface area contributed by atoms with Crippen molar-refractivity contribution in [2.24, 2.45) is 11.7 Å². The van der Waals surface area contributed by atoms with Crippen LogP contribution in [-0.2, 0) is 9.59 Å². The Kier molecular flexibility index (Phi) is 9.23. The average Bonchev–Trinajstić information content (AvgIpc) is 2.76. The molecule has 0 fully saturated rings. The zero-order chi connectivity index (χ0) is 24.4. The van der Waals surface area contributed by atoms with Crippen molar-refractivity contribution in [3.63, 3.8) is 0 Å². The third-order valence-electron chi connectivity index (χ3n) is 4.55. The van der Waals surface area contributed by atoms with E-state index >= 15 is 0 Å². The molecule has 0 bridgehead atoms. The van der Waals surface area contributed by atoms with Crippen molar-refractivity contribution < 1.29 is 32.6 Å². The third kappa shape index (κ3) is 8.82. The SMILES string of the molecule is CC(/C=C(\C=C/COc1ccc(-c2ccccc2)cc1)NC(=O)C(N)CC(=O)O)C(F)(F)F. The Morgan fingerprint density at radius 1 is 1.09 bits per heavy atom. The second-order valence-electron chi connectivity index (χ2n) is 7.25. The number of benzene rings is 2. The van der Waals surface area contributed by atoms with Gasteiger partial charge in [-0.3, -0.25) is 9.59 Å². The largest absolute Gasteiger partial charge is 0.490 e. The molecule has 0 aromatic heterocycles. The summed E-state index contributed by atoms with van der Waals surface area (Å²) in [5.41, 5.74) is 7.37. The molecule has 0 aliphatic carbocycles. The number of nitrogens with two attached hydrogens (primary N) is 1. The molecule has 0 aliphatic heterocycles. The molecular weight excluding hydrogens is 437 g/mol.